The number of nitrogens with two attached hydrogens (primary N) is 1. The van der Waals surface area contributed by atoms with Gasteiger partial charge in [0.05, 0.1) is 0 Å². The molecule has 1 amide bonds. The first-order chi connectivity index (χ1) is 13.2. The number of amides is 1. The Morgan fingerprint density at radius 2 is 2.00 bits per heavy atom. The number of hydrogen-bond acceptors (Lipinski definition) is 4. The van der Waals surface area contributed by atoms with E-state index in [-0.39, 0.29) is 17.1 Å². The van der Waals surface area contributed by atoms with Gasteiger partial charge >= 0.3 is 0 Å². The molecule has 1 atom stereocenters. The van der Waals surface area contributed by atoms with E-state index in [2.05, 4.69) is 22.1 Å². The minimum Gasteiger partial charge on any atom is -0.337 e. The van der Waals surface area contributed by atoms with E-state index in [0.717, 1.165) is 12.8 Å². The van der Waals surface area contributed by atoms with Crippen LogP contribution in [0.4, 0.5) is 0 Å². The normalized spacial score (nSPS) is 16.6. The van der Waals surface area contributed by atoms with Crippen LogP contribution in [-0.4, -0.2) is 44.8 Å². The lowest BCUT2D eigenvalue weighted by Gasteiger charge is -2.35. The number of aromatic nitrogens is 3. The summed E-state index contributed by atoms with van der Waals surface area (Å²) in [6.07, 6.45) is 6.66. The second kappa shape index (κ2) is 7.36. The predicted octanol–water partition coefficient (Wildman–Crippen LogP) is 1.62. The van der Waals surface area contributed by atoms with Crippen molar-refractivity contribution in [1.29, 1.82) is 0 Å². The number of aromatic amines is 1. The smallest absolute Gasteiger partial charge is 0.291 e. The van der Waals surface area contributed by atoms with Crippen LogP contribution < -0.4 is 11.3 Å². The van der Waals surface area contributed by atoms with Crippen molar-refractivity contribution >= 4 is 11.6 Å². The number of benzene rings is 1. The van der Waals surface area contributed by atoms with Crippen LogP contribution in [0, 0.1) is 5.92 Å². The highest BCUT2D eigenvalue weighted by molar-refractivity contribution is 5.93. The summed E-state index contributed by atoms with van der Waals surface area (Å²) in [4.78, 5) is 33.2. The molecule has 0 radical (unpaired) electrons. The number of fused-ring (bicyclic) bond motifs is 1. The minimum atomic E-state index is -0.302. The molecule has 1 aromatic carbocycles. The van der Waals surface area contributed by atoms with Gasteiger partial charge in [0.25, 0.3) is 11.5 Å². The van der Waals surface area contributed by atoms with Crippen molar-refractivity contribution in [3.63, 3.8) is 0 Å². The summed E-state index contributed by atoms with van der Waals surface area (Å²) in [7, 11) is 0. The number of likely N-dealkylation sites (tertiary alicyclic amines) is 1. The fraction of sp³-hybridized carbons (Fsp3) is 0.350. The van der Waals surface area contributed by atoms with E-state index in [1.165, 1.54) is 11.8 Å². The Morgan fingerprint density at radius 1 is 1.26 bits per heavy atom. The lowest BCUT2D eigenvalue weighted by atomic mass is 9.80. The molecule has 1 saturated heterocycles. The molecule has 1 unspecified atom stereocenters. The van der Waals surface area contributed by atoms with Gasteiger partial charge in [-0.3, -0.25) is 9.59 Å². The van der Waals surface area contributed by atoms with Crippen molar-refractivity contribution in [2.75, 3.05) is 19.6 Å². The zero-order valence-electron chi connectivity index (χ0n) is 15.0. The quantitative estimate of drug-likeness (QED) is 0.734. The van der Waals surface area contributed by atoms with Crippen LogP contribution in [0.25, 0.3) is 5.65 Å². The topological polar surface area (TPSA) is 96.5 Å². The number of piperidine rings is 1. The summed E-state index contributed by atoms with van der Waals surface area (Å²) in [5.41, 5.74) is 7.57. The van der Waals surface area contributed by atoms with Gasteiger partial charge in [-0.2, -0.15) is 0 Å². The molecule has 4 rings (SSSR count). The number of nitrogens with one attached hydrogen (secondary N) is 1. The van der Waals surface area contributed by atoms with E-state index >= 15 is 0 Å². The summed E-state index contributed by atoms with van der Waals surface area (Å²) in [5, 5.41) is 0. The predicted molar refractivity (Wildman–Crippen MR) is 103 cm³/mol. The van der Waals surface area contributed by atoms with Gasteiger partial charge in [0.1, 0.15) is 5.69 Å². The number of hydrogen-bond donors (Lipinski definition) is 2. The van der Waals surface area contributed by atoms with E-state index < -0.39 is 0 Å². The average Bonchev–Trinajstić information content (AvgIpc) is 3.15. The van der Waals surface area contributed by atoms with Gasteiger partial charge in [-0.25, -0.2) is 4.98 Å². The first-order valence-corrected chi connectivity index (χ1v) is 9.28. The van der Waals surface area contributed by atoms with Crippen molar-refractivity contribution in [3.8, 4) is 0 Å². The van der Waals surface area contributed by atoms with Crippen LogP contribution >= 0.6 is 0 Å². The molecular formula is C20H23N5O2. The Balaban J connectivity index is 1.46. The summed E-state index contributed by atoms with van der Waals surface area (Å²) < 4.78 is 1.58. The SMILES string of the molecule is NCC(c1ccccc1)C1CCN(C(=O)c2cn3cc[nH]c(=O)c3n2)CC1. The Labute approximate surface area is 156 Å². The highest BCUT2D eigenvalue weighted by Gasteiger charge is 2.30. The van der Waals surface area contributed by atoms with Crippen LogP contribution in [0.2, 0.25) is 0 Å². The van der Waals surface area contributed by atoms with E-state index in [9.17, 15) is 9.59 Å². The molecule has 0 bridgehead atoms. The van der Waals surface area contributed by atoms with Gasteiger partial charge in [-0.05, 0) is 36.8 Å². The van der Waals surface area contributed by atoms with Crippen molar-refractivity contribution < 1.29 is 4.79 Å². The van der Waals surface area contributed by atoms with Gasteiger partial charge in [0.2, 0.25) is 5.65 Å². The molecule has 3 N–H and O–H groups in total. The lowest BCUT2D eigenvalue weighted by Crippen LogP contribution is -2.40. The summed E-state index contributed by atoms with van der Waals surface area (Å²) in [6, 6.07) is 10.4. The fourth-order valence-corrected chi connectivity index (χ4v) is 4.00. The number of rotatable bonds is 4. The molecule has 140 valence electrons. The van der Waals surface area contributed by atoms with Gasteiger partial charge in [0.15, 0.2) is 0 Å². The van der Waals surface area contributed by atoms with Crippen LogP contribution in [0.5, 0.6) is 0 Å². The van der Waals surface area contributed by atoms with E-state index in [1.807, 2.05) is 23.1 Å². The second-order valence-electron chi connectivity index (χ2n) is 7.03. The standard InChI is InChI=1S/C20H23N5O2/c21-12-16(14-4-2-1-3-5-14)15-6-9-24(10-7-15)20(27)17-13-25-11-8-22-19(26)18(25)23-17/h1-5,8,11,13,15-16H,6-7,9-10,12,21H2,(H,22,26). The monoisotopic (exact) mass is 365 g/mol. The molecular weight excluding hydrogens is 342 g/mol. The number of nitrogens with zero attached hydrogens (tertiary/aromatic N) is 3. The number of carbonyl (C=O) groups excluding carboxylic acids is 1. The minimum absolute atomic E-state index is 0.124. The Morgan fingerprint density at radius 3 is 2.67 bits per heavy atom. The molecule has 3 heterocycles. The maximum absolute atomic E-state index is 12.8. The molecule has 1 fully saturated rings. The largest absolute Gasteiger partial charge is 0.337 e. The number of carbonyl (C=O) groups is 1. The van der Waals surface area contributed by atoms with Crippen LogP contribution in [0.15, 0.2) is 53.7 Å². The molecule has 7 heteroatoms. The van der Waals surface area contributed by atoms with Crippen LogP contribution in [0.3, 0.4) is 0 Å². The van der Waals surface area contributed by atoms with Crippen LogP contribution in [0.1, 0.15) is 34.8 Å². The van der Waals surface area contributed by atoms with Gasteiger partial charge in [0, 0.05) is 31.7 Å². The van der Waals surface area contributed by atoms with E-state index in [1.54, 1.807) is 16.8 Å². The summed E-state index contributed by atoms with van der Waals surface area (Å²) in [5.74, 6) is 0.656. The van der Waals surface area contributed by atoms with Crippen LogP contribution in [-0.2, 0) is 0 Å². The average molecular weight is 365 g/mol. The fourth-order valence-electron chi connectivity index (χ4n) is 4.00. The molecule has 0 saturated carbocycles. The first-order valence-electron chi connectivity index (χ1n) is 9.28. The molecule has 27 heavy (non-hydrogen) atoms. The molecule has 2 aromatic heterocycles. The highest BCUT2D eigenvalue weighted by atomic mass is 16.2. The van der Waals surface area contributed by atoms with Crippen molar-refractivity contribution in [2.24, 2.45) is 11.7 Å². The zero-order valence-corrected chi connectivity index (χ0v) is 15.0. The molecule has 0 aliphatic carbocycles. The maximum Gasteiger partial charge on any atom is 0.291 e. The van der Waals surface area contributed by atoms with E-state index in [4.69, 9.17) is 5.73 Å². The lowest BCUT2D eigenvalue weighted by molar-refractivity contribution is 0.0673. The highest BCUT2D eigenvalue weighted by Crippen LogP contribution is 2.32. The maximum atomic E-state index is 12.8. The third-order valence-corrected chi connectivity index (χ3v) is 5.48. The van der Waals surface area contributed by atoms with Crippen molar-refractivity contribution in [2.45, 2.75) is 18.8 Å². The molecule has 0 spiro atoms. The van der Waals surface area contributed by atoms with E-state index in [0.29, 0.717) is 37.2 Å². The third kappa shape index (κ3) is 3.38. The molecule has 3 aromatic rings. The van der Waals surface area contributed by atoms with Gasteiger partial charge in [-0.1, -0.05) is 30.3 Å². The summed E-state index contributed by atoms with van der Waals surface area (Å²) in [6.45, 7) is 1.96. The number of imidazole rings is 1. The summed E-state index contributed by atoms with van der Waals surface area (Å²) >= 11 is 0. The molecule has 1 aliphatic rings. The Kier molecular flexibility index (Phi) is 4.77. The first kappa shape index (κ1) is 17.5. The second-order valence-corrected chi connectivity index (χ2v) is 7.03. The van der Waals surface area contributed by atoms with Crippen molar-refractivity contribution in [3.05, 3.63) is 70.5 Å². The van der Waals surface area contributed by atoms with Gasteiger partial charge in [-0.15, -0.1) is 0 Å². The number of H-pyrrole nitrogens is 1. The molecule has 1 aliphatic heterocycles. The third-order valence-electron chi connectivity index (χ3n) is 5.48. The van der Waals surface area contributed by atoms with Crippen molar-refractivity contribution in [1.82, 2.24) is 19.3 Å². The Hall–Kier alpha value is -2.93. The zero-order chi connectivity index (χ0) is 18.8. The Bertz CT molecular complexity index is 986. The molecule has 7 nitrogen and oxygen atoms in total. The van der Waals surface area contributed by atoms with Gasteiger partial charge < -0.3 is 20.0 Å².